The number of rotatable bonds is 0. The first-order valence-electron chi connectivity index (χ1n) is 6.35. The lowest BCUT2D eigenvalue weighted by Gasteiger charge is -2.43. The molecule has 0 amide bonds. The van der Waals surface area contributed by atoms with Crippen LogP contribution in [0, 0.1) is 11.8 Å². The molecule has 3 heteroatoms. The van der Waals surface area contributed by atoms with Gasteiger partial charge in [-0.1, -0.05) is 12.2 Å². The molecule has 3 nitrogen and oxygen atoms in total. The predicted molar refractivity (Wildman–Crippen MR) is 62.9 cm³/mol. The third-order valence-electron chi connectivity index (χ3n) is 4.62. The second-order valence-electron chi connectivity index (χ2n) is 5.60. The number of carbonyl (C=O) groups excluding carboxylic acids is 1. The summed E-state index contributed by atoms with van der Waals surface area (Å²) in [6.45, 7) is 5.90. The van der Waals surface area contributed by atoms with Gasteiger partial charge in [-0.05, 0) is 44.4 Å². The number of carbonyl (C=O) groups is 1. The molecule has 3 atom stereocenters. The summed E-state index contributed by atoms with van der Waals surface area (Å²) in [6.07, 6.45) is 4.63. The Morgan fingerprint density at radius 3 is 3.06 bits per heavy atom. The van der Waals surface area contributed by atoms with Crippen molar-refractivity contribution in [3.05, 3.63) is 23.3 Å². The number of esters is 1. The highest BCUT2D eigenvalue weighted by atomic mass is 16.7. The Balaban J connectivity index is 1.97. The molecule has 2 saturated carbocycles. The number of hydrogen-bond donors (Lipinski definition) is 1. The third-order valence-corrected chi connectivity index (χ3v) is 4.62. The van der Waals surface area contributed by atoms with Crippen molar-refractivity contribution in [3.8, 4) is 0 Å². The van der Waals surface area contributed by atoms with Gasteiger partial charge in [0, 0.05) is 17.6 Å². The van der Waals surface area contributed by atoms with Crippen molar-refractivity contribution in [2.45, 2.75) is 44.8 Å². The second-order valence-corrected chi connectivity index (χ2v) is 5.60. The molecule has 2 fully saturated rings. The van der Waals surface area contributed by atoms with E-state index in [1.54, 1.807) is 6.92 Å². The molecule has 0 saturated heterocycles. The lowest BCUT2D eigenvalue weighted by atomic mass is 9.65. The lowest BCUT2D eigenvalue weighted by molar-refractivity contribution is -0.194. The Hall–Kier alpha value is -1.09. The summed E-state index contributed by atoms with van der Waals surface area (Å²) in [5.41, 5.74) is 2.68. The standard InChI is InChI=1S/C14H18O3/c1-8-4-3-5-10-7-14(16)12(6-11(8)10)9(2)13(15)17-14/h10-11,16H,1,3-7H2,2H3/t10-,11+,14+/m0/s1. The molecule has 1 heterocycles. The minimum absolute atomic E-state index is 0.355. The second kappa shape index (κ2) is 3.45. The quantitative estimate of drug-likeness (QED) is 0.517. The zero-order valence-corrected chi connectivity index (χ0v) is 10.2. The first kappa shape index (κ1) is 11.0. The molecule has 0 aromatic heterocycles. The maximum Gasteiger partial charge on any atom is 0.336 e. The molecule has 1 N–H and O–H groups in total. The minimum atomic E-state index is -1.31. The Labute approximate surface area is 101 Å². The molecule has 17 heavy (non-hydrogen) atoms. The normalized spacial score (nSPS) is 41.1. The number of hydrogen-bond acceptors (Lipinski definition) is 3. The molecule has 0 radical (unpaired) electrons. The molecule has 0 spiro atoms. The van der Waals surface area contributed by atoms with Crippen molar-refractivity contribution in [2.75, 3.05) is 0 Å². The predicted octanol–water partition coefficient (Wildman–Crippen LogP) is 2.31. The van der Waals surface area contributed by atoms with Crippen LogP contribution < -0.4 is 0 Å². The van der Waals surface area contributed by atoms with Gasteiger partial charge < -0.3 is 9.84 Å². The molecule has 0 bridgehead atoms. The van der Waals surface area contributed by atoms with Crippen LogP contribution in [-0.4, -0.2) is 16.9 Å². The molecular formula is C14H18O3. The maximum absolute atomic E-state index is 11.6. The summed E-state index contributed by atoms with van der Waals surface area (Å²) in [5, 5.41) is 10.4. The summed E-state index contributed by atoms with van der Waals surface area (Å²) in [4.78, 5) is 11.6. The largest absolute Gasteiger partial charge is 0.426 e. The molecule has 3 aliphatic rings. The summed E-state index contributed by atoms with van der Waals surface area (Å²) in [7, 11) is 0. The van der Waals surface area contributed by atoms with Crippen LogP contribution in [-0.2, 0) is 9.53 Å². The SMILES string of the molecule is C=C1CCC[C@H]2C[C@@]3(O)OC(=O)C(C)=C3C[C@H]12. The summed E-state index contributed by atoms with van der Waals surface area (Å²) in [5.74, 6) is -0.807. The highest BCUT2D eigenvalue weighted by molar-refractivity contribution is 5.92. The monoisotopic (exact) mass is 234 g/mol. The number of aliphatic hydroxyl groups is 1. The van der Waals surface area contributed by atoms with E-state index in [1.165, 1.54) is 5.57 Å². The topological polar surface area (TPSA) is 46.5 Å². The molecular weight excluding hydrogens is 216 g/mol. The average molecular weight is 234 g/mol. The fraction of sp³-hybridized carbons (Fsp3) is 0.643. The molecule has 92 valence electrons. The molecule has 2 aliphatic carbocycles. The number of fused-ring (bicyclic) bond motifs is 2. The fourth-order valence-electron chi connectivity index (χ4n) is 3.63. The average Bonchev–Trinajstić information content (AvgIpc) is 2.48. The molecule has 0 aromatic rings. The third kappa shape index (κ3) is 1.48. The van der Waals surface area contributed by atoms with E-state index in [-0.39, 0.29) is 5.97 Å². The minimum Gasteiger partial charge on any atom is -0.426 e. The maximum atomic E-state index is 11.6. The van der Waals surface area contributed by atoms with E-state index in [2.05, 4.69) is 6.58 Å². The Bertz CT molecular complexity index is 435. The van der Waals surface area contributed by atoms with Crippen LogP contribution in [0.1, 0.15) is 39.0 Å². The van der Waals surface area contributed by atoms with Crippen molar-refractivity contribution >= 4 is 5.97 Å². The van der Waals surface area contributed by atoms with Gasteiger partial charge in [-0.25, -0.2) is 4.79 Å². The first-order valence-corrected chi connectivity index (χ1v) is 6.35. The van der Waals surface area contributed by atoms with Crippen molar-refractivity contribution in [1.29, 1.82) is 0 Å². The van der Waals surface area contributed by atoms with Gasteiger partial charge in [-0.15, -0.1) is 0 Å². The van der Waals surface area contributed by atoms with E-state index in [1.807, 2.05) is 0 Å². The van der Waals surface area contributed by atoms with E-state index in [9.17, 15) is 9.90 Å². The van der Waals surface area contributed by atoms with Gasteiger partial charge in [-0.2, -0.15) is 0 Å². The zero-order valence-electron chi connectivity index (χ0n) is 10.2. The smallest absolute Gasteiger partial charge is 0.336 e. The zero-order chi connectivity index (χ0) is 12.2. The van der Waals surface area contributed by atoms with E-state index >= 15 is 0 Å². The highest BCUT2D eigenvalue weighted by Crippen LogP contribution is 2.51. The van der Waals surface area contributed by atoms with Crippen molar-refractivity contribution in [3.63, 3.8) is 0 Å². The van der Waals surface area contributed by atoms with E-state index < -0.39 is 5.79 Å². The number of allylic oxidation sites excluding steroid dienone is 1. The van der Waals surface area contributed by atoms with Gasteiger partial charge in [0.05, 0.1) is 0 Å². The van der Waals surface area contributed by atoms with Gasteiger partial charge >= 0.3 is 5.97 Å². The Kier molecular flexibility index (Phi) is 2.24. The van der Waals surface area contributed by atoms with Gasteiger partial charge in [0.2, 0.25) is 5.79 Å². The highest BCUT2D eigenvalue weighted by Gasteiger charge is 2.52. The molecule has 1 aliphatic heterocycles. The lowest BCUT2D eigenvalue weighted by Crippen LogP contribution is -2.42. The van der Waals surface area contributed by atoms with Crippen molar-refractivity contribution in [1.82, 2.24) is 0 Å². The van der Waals surface area contributed by atoms with Crippen molar-refractivity contribution < 1.29 is 14.6 Å². The van der Waals surface area contributed by atoms with Gasteiger partial charge in [0.25, 0.3) is 0 Å². The van der Waals surface area contributed by atoms with Gasteiger partial charge in [-0.3, -0.25) is 0 Å². The van der Waals surface area contributed by atoms with Crippen molar-refractivity contribution in [2.24, 2.45) is 11.8 Å². The van der Waals surface area contributed by atoms with Gasteiger partial charge in [0.15, 0.2) is 0 Å². The summed E-state index contributed by atoms with van der Waals surface area (Å²) < 4.78 is 5.16. The Morgan fingerprint density at radius 1 is 1.53 bits per heavy atom. The van der Waals surface area contributed by atoms with Gasteiger partial charge in [0.1, 0.15) is 0 Å². The van der Waals surface area contributed by atoms with E-state index in [0.717, 1.165) is 31.3 Å². The van der Waals surface area contributed by atoms with Crippen LogP contribution in [0.15, 0.2) is 23.3 Å². The fourth-order valence-corrected chi connectivity index (χ4v) is 3.63. The molecule has 0 aromatic carbocycles. The molecule has 3 rings (SSSR count). The Morgan fingerprint density at radius 2 is 2.29 bits per heavy atom. The number of ether oxygens (including phenoxy) is 1. The summed E-state index contributed by atoms with van der Waals surface area (Å²) >= 11 is 0. The first-order chi connectivity index (χ1) is 8.01. The van der Waals surface area contributed by atoms with E-state index in [4.69, 9.17) is 4.74 Å². The van der Waals surface area contributed by atoms with Crippen LogP contribution >= 0.6 is 0 Å². The van der Waals surface area contributed by atoms with E-state index in [0.29, 0.717) is 23.8 Å². The molecule has 0 unspecified atom stereocenters. The van der Waals surface area contributed by atoms with Crippen LogP contribution in [0.2, 0.25) is 0 Å². The van der Waals surface area contributed by atoms with Crippen LogP contribution in [0.5, 0.6) is 0 Å². The van der Waals surface area contributed by atoms with Crippen LogP contribution in [0.25, 0.3) is 0 Å². The van der Waals surface area contributed by atoms with Crippen LogP contribution in [0.4, 0.5) is 0 Å². The van der Waals surface area contributed by atoms with Crippen LogP contribution in [0.3, 0.4) is 0 Å². The summed E-state index contributed by atoms with van der Waals surface area (Å²) in [6, 6.07) is 0.